The van der Waals surface area contributed by atoms with Gasteiger partial charge in [0, 0.05) is 17.5 Å². The summed E-state index contributed by atoms with van der Waals surface area (Å²) >= 11 is 0. The maximum atomic E-state index is 9.66. The minimum atomic E-state index is -0.383. The van der Waals surface area contributed by atoms with Gasteiger partial charge in [0.2, 0.25) is 0 Å². The molecule has 1 unspecified atom stereocenters. The maximum Gasteiger partial charge on any atom is 0.0705 e. The highest BCUT2D eigenvalue weighted by Gasteiger charge is 2.05. The Morgan fingerprint density at radius 2 is 2.06 bits per heavy atom. The zero-order valence-corrected chi connectivity index (χ0v) is 9.13. The molecule has 2 heteroatoms. The second-order valence-electron chi connectivity index (χ2n) is 3.88. The Morgan fingerprint density at radius 1 is 1.25 bits per heavy atom. The normalized spacial score (nSPS) is 12.6. The number of hydrogen-bond donors (Lipinski definition) is 1. The second-order valence-corrected chi connectivity index (χ2v) is 3.88. The van der Waals surface area contributed by atoms with Gasteiger partial charge in [-0.15, -0.1) is 6.58 Å². The van der Waals surface area contributed by atoms with Gasteiger partial charge in [-0.1, -0.05) is 30.3 Å². The third-order valence-electron chi connectivity index (χ3n) is 2.54. The first-order chi connectivity index (χ1) is 7.79. The fourth-order valence-corrected chi connectivity index (χ4v) is 1.74. The van der Waals surface area contributed by atoms with E-state index >= 15 is 0 Å². The molecule has 0 aliphatic carbocycles. The van der Waals surface area contributed by atoms with Crippen molar-refractivity contribution >= 4 is 10.9 Å². The molecule has 2 aromatic rings. The Balaban J connectivity index is 2.22. The molecule has 2 nitrogen and oxygen atoms in total. The molecule has 16 heavy (non-hydrogen) atoms. The van der Waals surface area contributed by atoms with Gasteiger partial charge in [-0.2, -0.15) is 0 Å². The third-order valence-corrected chi connectivity index (χ3v) is 2.54. The maximum absolute atomic E-state index is 9.66. The van der Waals surface area contributed by atoms with Crippen molar-refractivity contribution in [2.24, 2.45) is 0 Å². The molecule has 1 atom stereocenters. The van der Waals surface area contributed by atoms with Crippen molar-refractivity contribution in [3.63, 3.8) is 0 Å². The van der Waals surface area contributed by atoms with Crippen molar-refractivity contribution in [3.05, 3.63) is 54.7 Å². The van der Waals surface area contributed by atoms with E-state index in [2.05, 4.69) is 11.6 Å². The number of nitrogens with zero attached hydrogens (tertiary/aromatic N) is 1. The van der Waals surface area contributed by atoms with Crippen LogP contribution in [-0.4, -0.2) is 16.2 Å². The summed E-state index contributed by atoms with van der Waals surface area (Å²) in [7, 11) is 0. The first-order valence-electron chi connectivity index (χ1n) is 5.43. The lowest BCUT2D eigenvalue weighted by Crippen LogP contribution is -2.10. The Morgan fingerprint density at radius 3 is 2.88 bits per heavy atom. The van der Waals surface area contributed by atoms with Gasteiger partial charge in [-0.05, 0) is 18.6 Å². The monoisotopic (exact) mass is 213 g/mol. The topological polar surface area (TPSA) is 33.1 Å². The van der Waals surface area contributed by atoms with Gasteiger partial charge in [0.25, 0.3) is 0 Å². The summed E-state index contributed by atoms with van der Waals surface area (Å²) in [4.78, 5) is 4.50. The van der Waals surface area contributed by atoms with Gasteiger partial charge in [0.15, 0.2) is 0 Å². The fourth-order valence-electron chi connectivity index (χ4n) is 1.74. The van der Waals surface area contributed by atoms with Crippen molar-refractivity contribution in [1.82, 2.24) is 4.98 Å². The minimum Gasteiger partial charge on any atom is -0.392 e. The number of aromatic nitrogens is 1. The lowest BCUT2D eigenvalue weighted by atomic mass is 10.1. The molecule has 0 aliphatic rings. The molecule has 1 aromatic heterocycles. The SMILES string of the molecule is C=CCC(O)Cc1ccc2ccccc2n1. The average Bonchev–Trinajstić information content (AvgIpc) is 2.29. The van der Waals surface area contributed by atoms with Gasteiger partial charge < -0.3 is 5.11 Å². The molecule has 0 spiro atoms. The Labute approximate surface area is 95.3 Å². The Hall–Kier alpha value is -1.67. The highest BCUT2D eigenvalue weighted by molar-refractivity contribution is 5.78. The molecule has 0 saturated heterocycles. The third kappa shape index (κ3) is 2.47. The molecule has 0 fully saturated rings. The molecule has 0 radical (unpaired) electrons. The summed E-state index contributed by atoms with van der Waals surface area (Å²) in [5.74, 6) is 0. The van der Waals surface area contributed by atoms with E-state index in [0.29, 0.717) is 12.8 Å². The van der Waals surface area contributed by atoms with Crippen LogP contribution in [-0.2, 0) is 6.42 Å². The first-order valence-corrected chi connectivity index (χ1v) is 5.43. The predicted molar refractivity (Wildman–Crippen MR) is 66.3 cm³/mol. The van der Waals surface area contributed by atoms with Crippen molar-refractivity contribution < 1.29 is 5.11 Å². The van der Waals surface area contributed by atoms with Crippen LogP contribution in [0.3, 0.4) is 0 Å². The van der Waals surface area contributed by atoms with Gasteiger partial charge in [0.1, 0.15) is 0 Å². The molecular weight excluding hydrogens is 198 g/mol. The number of para-hydroxylation sites is 1. The summed E-state index contributed by atoms with van der Waals surface area (Å²) in [6, 6.07) is 12.0. The number of aliphatic hydroxyl groups excluding tert-OH is 1. The molecular formula is C14H15NO. The van der Waals surface area contributed by atoms with E-state index < -0.39 is 0 Å². The van der Waals surface area contributed by atoms with E-state index in [0.717, 1.165) is 16.6 Å². The highest BCUT2D eigenvalue weighted by Crippen LogP contribution is 2.13. The summed E-state index contributed by atoms with van der Waals surface area (Å²) in [5.41, 5.74) is 1.90. The Bertz CT molecular complexity index is 493. The molecule has 0 amide bonds. The smallest absolute Gasteiger partial charge is 0.0705 e. The van der Waals surface area contributed by atoms with E-state index in [9.17, 15) is 5.11 Å². The van der Waals surface area contributed by atoms with Crippen molar-refractivity contribution in [2.45, 2.75) is 18.9 Å². The van der Waals surface area contributed by atoms with Crippen molar-refractivity contribution in [2.75, 3.05) is 0 Å². The largest absolute Gasteiger partial charge is 0.392 e. The predicted octanol–water partition coefficient (Wildman–Crippen LogP) is 2.71. The summed E-state index contributed by atoms with van der Waals surface area (Å²) in [6.45, 7) is 3.61. The zero-order valence-electron chi connectivity index (χ0n) is 9.13. The number of hydrogen-bond acceptors (Lipinski definition) is 2. The van der Waals surface area contributed by atoms with Crippen LogP contribution in [0.5, 0.6) is 0 Å². The molecule has 0 saturated carbocycles. The van der Waals surface area contributed by atoms with Crippen LogP contribution < -0.4 is 0 Å². The quantitative estimate of drug-likeness (QED) is 0.792. The number of rotatable bonds is 4. The van der Waals surface area contributed by atoms with Crippen LogP contribution in [0.4, 0.5) is 0 Å². The summed E-state index contributed by atoms with van der Waals surface area (Å²) in [6.07, 6.45) is 2.53. The molecule has 0 aliphatic heterocycles. The van der Waals surface area contributed by atoms with Crippen LogP contribution in [0.1, 0.15) is 12.1 Å². The van der Waals surface area contributed by atoms with Crippen molar-refractivity contribution in [1.29, 1.82) is 0 Å². The summed E-state index contributed by atoms with van der Waals surface area (Å²) < 4.78 is 0. The van der Waals surface area contributed by atoms with Crippen molar-refractivity contribution in [3.8, 4) is 0 Å². The molecule has 2 rings (SSSR count). The fraction of sp³-hybridized carbons (Fsp3) is 0.214. The van der Waals surface area contributed by atoms with E-state index in [1.807, 2.05) is 36.4 Å². The number of fused-ring (bicyclic) bond motifs is 1. The van der Waals surface area contributed by atoms with E-state index in [1.54, 1.807) is 6.08 Å². The van der Waals surface area contributed by atoms with Crippen LogP contribution in [0.2, 0.25) is 0 Å². The zero-order chi connectivity index (χ0) is 11.4. The highest BCUT2D eigenvalue weighted by atomic mass is 16.3. The summed E-state index contributed by atoms with van der Waals surface area (Å²) in [5, 5.41) is 10.8. The number of benzene rings is 1. The Kier molecular flexibility index (Phi) is 3.32. The van der Waals surface area contributed by atoms with Gasteiger partial charge in [-0.3, -0.25) is 4.98 Å². The molecule has 1 N–H and O–H groups in total. The number of pyridine rings is 1. The lowest BCUT2D eigenvalue weighted by Gasteiger charge is -2.07. The van der Waals surface area contributed by atoms with Crippen LogP contribution in [0.25, 0.3) is 10.9 Å². The van der Waals surface area contributed by atoms with Gasteiger partial charge in [0.05, 0.1) is 11.6 Å². The standard InChI is InChI=1S/C14H15NO/c1-2-5-13(16)10-12-9-8-11-6-3-4-7-14(11)15-12/h2-4,6-9,13,16H,1,5,10H2. The average molecular weight is 213 g/mol. The lowest BCUT2D eigenvalue weighted by molar-refractivity contribution is 0.177. The van der Waals surface area contributed by atoms with Crippen LogP contribution in [0, 0.1) is 0 Å². The van der Waals surface area contributed by atoms with Crippen LogP contribution in [0.15, 0.2) is 49.1 Å². The molecule has 1 aromatic carbocycles. The molecule has 1 heterocycles. The van der Waals surface area contributed by atoms with E-state index in [4.69, 9.17) is 0 Å². The minimum absolute atomic E-state index is 0.383. The van der Waals surface area contributed by atoms with E-state index in [1.165, 1.54) is 0 Å². The van der Waals surface area contributed by atoms with Gasteiger partial charge in [-0.25, -0.2) is 0 Å². The first kappa shape index (κ1) is 10.8. The molecule has 0 bridgehead atoms. The van der Waals surface area contributed by atoms with Gasteiger partial charge >= 0.3 is 0 Å². The van der Waals surface area contributed by atoms with Crippen LogP contribution >= 0.6 is 0 Å². The van der Waals surface area contributed by atoms with E-state index in [-0.39, 0.29) is 6.10 Å². The number of aliphatic hydroxyl groups is 1. The second kappa shape index (κ2) is 4.90. The molecule has 82 valence electrons.